The topological polar surface area (TPSA) is 145 Å². The summed E-state index contributed by atoms with van der Waals surface area (Å²) < 4.78 is 17.6. The quantitative estimate of drug-likeness (QED) is 0.0529. The third kappa shape index (κ3) is 15.7. The molecular formula is C33H24Cl9N3O9S6. The predicted octanol–water partition coefficient (Wildman–Crippen LogP) is 13.2. The number of carbonyl (C=O) groups excluding carboxylic acids is 3. The molecule has 0 amide bonds. The lowest BCUT2D eigenvalue weighted by Gasteiger charge is -2.14. The Labute approximate surface area is 409 Å². The molecule has 4 aromatic rings. The summed E-state index contributed by atoms with van der Waals surface area (Å²) in [4.78, 5) is 77.8. The van der Waals surface area contributed by atoms with Gasteiger partial charge in [0.2, 0.25) is 0 Å². The van der Waals surface area contributed by atoms with Gasteiger partial charge in [-0.15, -0.1) is 0 Å². The number of carbonyl (C=O) groups is 3. The molecule has 1 aromatic heterocycles. The molecule has 3 aromatic carbocycles. The molecule has 0 saturated carbocycles. The second-order valence-electron chi connectivity index (χ2n) is 11.2. The van der Waals surface area contributed by atoms with Crippen molar-refractivity contribution in [1.29, 1.82) is 0 Å². The molecule has 0 atom stereocenters. The Balaban J connectivity index is 1.39. The first-order valence-electron chi connectivity index (χ1n) is 16.2. The van der Waals surface area contributed by atoms with Crippen molar-refractivity contribution in [2.45, 2.75) is 36.9 Å². The average Bonchev–Trinajstić information content (AvgIpc) is 3.15. The Hall–Kier alpha value is -0.810. The van der Waals surface area contributed by atoms with Crippen LogP contribution in [0.4, 0.5) is 14.4 Å². The third-order valence-electron chi connectivity index (χ3n) is 7.30. The fraction of sp³-hybridized carbons (Fsp3) is 0.273. The van der Waals surface area contributed by atoms with Crippen LogP contribution in [0.5, 0.6) is 0 Å². The molecule has 0 fully saturated rings. The van der Waals surface area contributed by atoms with Gasteiger partial charge in [0.25, 0.3) is 0 Å². The number of halogens is 9. The van der Waals surface area contributed by atoms with Gasteiger partial charge in [-0.25, -0.2) is 42.5 Å². The molecule has 0 aliphatic carbocycles. The smallest absolute Gasteiger partial charge is 0.378 e. The highest BCUT2D eigenvalue weighted by Crippen LogP contribution is 2.38. The largest absolute Gasteiger partial charge is 0.455 e. The Morgan fingerprint density at radius 2 is 0.633 bits per heavy atom. The van der Waals surface area contributed by atoms with E-state index in [-0.39, 0.29) is 17.3 Å². The van der Waals surface area contributed by atoms with E-state index in [2.05, 4.69) is 0 Å². The number of rotatable bonds is 18. The number of nitrogens with zero attached hydrogens (tertiary/aromatic N) is 3. The minimum atomic E-state index is -1.07. The molecule has 0 aliphatic heterocycles. The van der Waals surface area contributed by atoms with E-state index in [4.69, 9.17) is 119 Å². The summed E-state index contributed by atoms with van der Waals surface area (Å²) in [7, 11) is 5.38. The molecule has 0 aliphatic rings. The van der Waals surface area contributed by atoms with Gasteiger partial charge in [0.15, 0.2) is 0 Å². The highest BCUT2D eigenvalue weighted by Gasteiger charge is 2.19. The number of aromatic nitrogens is 3. The maximum atomic E-state index is 13.5. The normalized spacial score (nSPS) is 11.2. The molecule has 0 spiro atoms. The van der Waals surface area contributed by atoms with E-state index in [1.165, 1.54) is 36.4 Å². The fourth-order valence-electron chi connectivity index (χ4n) is 4.53. The van der Waals surface area contributed by atoms with Crippen LogP contribution in [-0.4, -0.2) is 49.4 Å². The van der Waals surface area contributed by atoms with Gasteiger partial charge < -0.3 is 14.2 Å². The standard InChI is InChI=1S/C33H24Cl9N3O9S6/c34-16-7-22(37)19(23(38)8-16)13-55-58-31(49)52-4-1-43-28(46)44(2-5-53-32(50)59-56-14-20-24(39)9-17(35)10-25(20)40)30(48)45(29(43)47)3-6-54-33(51)60-57-15-21-26(41)11-18(36)12-27(21)42/h7-12H,1-6,13-15H2. The molecule has 27 heteroatoms. The summed E-state index contributed by atoms with van der Waals surface area (Å²) >= 11 is 55.0. The lowest BCUT2D eigenvalue weighted by atomic mass is 10.2. The molecule has 0 N–H and O–H groups in total. The summed E-state index contributed by atoms with van der Waals surface area (Å²) in [6, 6.07) is 9.07. The fourth-order valence-corrected chi connectivity index (χ4v) is 12.9. The molecule has 0 bridgehead atoms. The molecule has 1 heterocycles. The van der Waals surface area contributed by atoms with Crippen LogP contribution in [-0.2, 0) is 51.1 Å². The van der Waals surface area contributed by atoms with E-state index in [0.29, 0.717) is 75.6 Å². The van der Waals surface area contributed by atoms with Gasteiger partial charge in [0.05, 0.1) is 19.6 Å². The van der Waals surface area contributed by atoms with Crippen molar-refractivity contribution in [3.8, 4) is 0 Å². The second kappa shape index (κ2) is 25.6. The van der Waals surface area contributed by atoms with Crippen molar-refractivity contribution in [1.82, 2.24) is 13.7 Å². The molecule has 12 nitrogen and oxygen atoms in total. The minimum absolute atomic E-state index is 0.226. The number of ether oxygens (including phenoxy) is 3. The number of hydrogen-bond acceptors (Lipinski definition) is 15. The zero-order valence-electron chi connectivity index (χ0n) is 29.7. The van der Waals surface area contributed by atoms with Gasteiger partial charge >= 0.3 is 33.0 Å². The van der Waals surface area contributed by atoms with Crippen LogP contribution in [0.15, 0.2) is 50.8 Å². The van der Waals surface area contributed by atoms with Gasteiger partial charge in [0.1, 0.15) is 19.8 Å². The van der Waals surface area contributed by atoms with Crippen LogP contribution >= 0.6 is 169 Å². The summed E-state index contributed by atoms with van der Waals surface area (Å²) in [5.41, 5.74) is -1.56. The van der Waals surface area contributed by atoms with Crippen LogP contribution in [0.2, 0.25) is 45.2 Å². The monoisotopic (exact) mass is 1110 g/mol. The van der Waals surface area contributed by atoms with E-state index in [0.717, 1.165) is 64.8 Å². The van der Waals surface area contributed by atoms with Crippen molar-refractivity contribution in [2.24, 2.45) is 0 Å². The van der Waals surface area contributed by atoms with Gasteiger partial charge in [0, 0.05) is 112 Å². The molecule has 324 valence electrons. The van der Waals surface area contributed by atoms with Crippen LogP contribution in [0.1, 0.15) is 16.7 Å². The maximum absolute atomic E-state index is 13.5. The van der Waals surface area contributed by atoms with Crippen molar-refractivity contribution in [2.75, 3.05) is 19.8 Å². The molecule has 0 unspecified atom stereocenters. The summed E-state index contributed by atoms with van der Waals surface area (Å²) in [5, 5.41) is 0.663. The Morgan fingerprint density at radius 1 is 0.417 bits per heavy atom. The van der Waals surface area contributed by atoms with Crippen molar-refractivity contribution < 1.29 is 28.6 Å². The van der Waals surface area contributed by atoms with Crippen LogP contribution in [0.25, 0.3) is 0 Å². The van der Waals surface area contributed by atoms with E-state index < -0.39 is 72.4 Å². The molecule has 0 radical (unpaired) electrons. The lowest BCUT2D eigenvalue weighted by Crippen LogP contribution is -2.55. The molecule has 4 rings (SSSR count). The van der Waals surface area contributed by atoms with Gasteiger partial charge in [-0.2, -0.15) is 0 Å². The first-order valence-corrected chi connectivity index (χ1v) is 26.6. The zero-order chi connectivity index (χ0) is 44.1. The number of benzene rings is 3. The van der Waals surface area contributed by atoms with E-state index in [1.54, 1.807) is 0 Å². The predicted molar refractivity (Wildman–Crippen MR) is 254 cm³/mol. The van der Waals surface area contributed by atoms with Gasteiger partial charge in [-0.3, -0.25) is 0 Å². The highest BCUT2D eigenvalue weighted by molar-refractivity contribution is 8.82. The van der Waals surface area contributed by atoms with Crippen molar-refractivity contribution in [3.63, 3.8) is 0 Å². The second-order valence-corrected chi connectivity index (χ2v) is 21.6. The lowest BCUT2D eigenvalue weighted by molar-refractivity contribution is 0.162. The van der Waals surface area contributed by atoms with E-state index in [9.17, 15) is 28.8 Å². The van der Waals surface area contributed by atoms with Crippen LogP contribution in [0.3, 0.4) is 0 Å². The Bertz CT molecular complexity index is 2060. The molecule has 60 heavy (non-hydrogen) atoms. The molecular weight excluding hydrogens is 1090 g/mol. The van der Waals surface area contributed by atoms with Gasteiger partial charge in [-0.05, 0) is 36.4 Å². The number of hydrogen-bond donors (Lipinski definition) is 0. The average molecular weight is 1120 g/mol. The van der Waals surface area contributed by atoms with Crippen molar-refractivity contribution >= 4 is 185 Å². The van der Waals surface area contributed by atoms with Crippen LogP contribution < -0.4 is 17.1 Å². The summed E-state index contributed by atoms with van der Waals surface area (Å²) in [5.74, 6) is 0.677. The molecule has 0 saturated heterocycles. The Kier molecular flexibility index (Phi) is 22.1. The SMILES string of the molecule is O=C(OCCn1c(=O)n(CCOC(=O)SSCc2c(Cl)cc(Cl)cc2Cl)c(=O)n(CCOC(=O)SSCc2c(Cl)cc(Cl)cc2Cl)c1=O)SSCc1c(Cl)cc(Cl)cc1Cl. The maximum Gasteiger partial charge on any atom is 0.378 e. The van der Waals surface area contributed by atoms with Crippen LogP contribution in [0, 0.1) is 0 Å². The summed E-state index contributed by atoms with van der Waals surface area (Å²) in [6.45, 7) is -2.73. The van der Waals surface area contributed by atoms with E-state index in [1.807, 2.05) is 0 Å². The van der Waals surface area contributed by atoms with Gasteiger partial charge in [-0.1, -0.05) is 137 Å². The summed E-state index contributed by atoms with van der Waals surface area (Å²) in [6.07, 6.45) is 0. The first kappa shape index (κ1) is 51.8. The first-order chi connectivity index (χ1) is 28.5. The third-order valence-corrected chi connectivity index (χ3v) is 15.7. The minimum Gasteiger partial charge on any atom is -0.455 e. The Morgan fingerprint density at radius 3 is 0.850 bits per heavy atom. The van der Waals surface area contributed by atoms with Crippen molar-refractivity contribution in [3.05, 3.63) is 130 Å². The highest BCUT2D eigenvalue weighted by atomic mass is 35.5. The zero-order valence-corrected chi connectivity index (χ0v) is 41.4. The van der Waals surface area contributed by atoms with E-state index >= 15 is 0 Å².